The molecule has 29 heavy (non-hydrogen) atoms. The first-order valence-electron chi connectivity index (χ1n) is 8.71. The van der Waals surface area contributed by atoms with E-state index in [0.717, 1.165) is 17.8 Å². The summed E-state index contributed by atoms with van der Waals surface area (Å²) in [5.74, 6) is -0.934. The van der Waals surface area contributed by atoms with Crippen LogP contribution in [-0.2, 0) is 10.0 Å². The number of halogens is 2. The van der Waals surface area contributed by atoms with Crippen LogP contribution in [-0.4, -0.2) is 24.9 Å². The maximum Gasteiger partial charge on any atom is 0.264 e. The molecule has 1 heterocycles. The van der Waals surface area contributed by atoms with Gasteiger partial charge in [-0.2, -0.15) is 4.98 Å². The maximum absolute atomic E-state index is 13.8. The molecule has 0 spiro atoms. The molecule has 1 aromatic heterocycles. The van der Waals surface area contributed by atoms with Crippen LogP contribution in [0.5, 0.6) is 0 Å². The first-order chi connectivity index (χ1) is 13.8. The van der Waals surface area contributed by atoms with Gasteiger partial charge in [-0.25, -0.2) is 22.2 Å². The van der Waals surface area contributed by atoms with Gasteiger partial charge < -0.3 is 10.6 Å². The average molecular weight is 419 g/mol. The van der Waals surface area contributed by atoms with E-state index in [0.29, 0.717) is 30.1 Å². The van der Waals surface area contributed by atoms with Crippen molar-refractivity contribution in [2.45, 2.75) is 18.7 Å². The van der Waals surface area contributed by atoms with E-state index in [1.54, 1.807) is 18.2 Å². The summed E-state index contributed by atoms with van der Waals surface area (Å²) in [7, 11) is -4.19. The first-order valence-corrected chi connectivity index (χ1v) is 10.2. The molecule has 0 aliphatic heterocycles. The van der Waals surface area contributed by atoms with Crippen molar-refractivity contribution in [3.8, 4) is 0 Å². The molecule has 10 heteroatoms. The van der Waals surface area contributed by atoms with Crippen LogP contribution in [0.4, 0.5) is 31.9 Å². The molecule has 3 rings (SSSR count). The van der Waals surface area contributed by atoms with Gasteiger partial charge in [0.15, 0.2) is 0 Å². The number of hydrogen-bond donors (Lipinski definition) is 3. The average Bonchev–Trinajstić information content (AvgIpc) is 2.62. The number of rotatable bonds is 7. The van der Waals surface area contributed by atoms with Gasteiger partial charge in [-0.1, -0.05) is 0 Å². The minimum Gasteiger partial charge on any atom is -0.354 e. The molecule has 2 aromatic carbocycles. The molecule has 0 saturated carbocycles. The highest BCUT2D eigenvalue weighted by molar-refractivity contribution is 7.92. The second-order valence-corrected chi connectivity index (χ2v) is 7.78. The maximum atomic E-state index is 13.8. The third kappa shape index (κ3) is 5.17. The van der Waals surface area contributed by atoms with Gasteiger partial charge >= 0.3 is 0 Å². The predicted molar refractivity (Wildman–Crippen MR) is 108 cm³/mol. The number of aromatic nitrogens is 2. The van der Waals surface area contributed by atoms with Crippen molar-refractivity contribution in [3.05, 3.63) is 65.9 Å². The third-order valence-electron chi connectivity index (χ3n) is 3.78. The quantitative estimate of drug-likeness (QED) is 0.535. The Morgan fingerprint density at radius 1 is 0.966 bits per heavy atom. The third-order valence-corrected chi connectivity index (χ3v) is 5.20. The van der Waals surface area contributed by atoms with Crippen molar-refractivity contribution >= 4 is 33.2 Å². The van der Waals surface area contributed by atoms with Gasteiger partial charge in [0.2, 0.25) is 5.95 Å². The fraction of sp³-hybridized carbons (Fsp3) is 0.158. The minimum atomic E-state index is -4.19. The molecule has 0 atom stereocenters. The smallest absolute Gasteiger partial charge is 0.264 e. The molecule has 0 amide bonds. The molecule has 152 valence electrons. The van der Waals surface area contributed by atoms with Crippen molar-refractivity contribution in [2.75, 3.05) is 21.9 Å². The van der Waals surface area contributed by atoms with E-state index in [-0.39, 0.29) is 5.69 Å². The molecule has 3 aromatic rings. The Morgan fingerprint density at radius 2 is 1.66 bits per heavy atom. The number of aryl methyl sites for hydroxylation is 1. The lowest BCUT2D eigenvalue weighted by Crippen LogP contribution is -2.14. The Labute approximate surface area is 167 Å². The van der Waals surface area contributed by atoms with E-state index < -0.39 is 26.6 Å². The standard InChI is InChI=1S/C19H19F2N5O2S/c1-3-22-19-23-12(2)10-18(25-19)24-14-5-7-15(8-6-14)26-29(27,28)17-9-4-13(20)11-16(17)21/h4-11,26H,3H2,1-2H3,(H2,22,23,24,25). The Morgan fingerprint density at radius 3 is 2.31 bits per heavy atom. The van der Waals surface area contributed by atoms with E-state index in [2.05, 4.69) is 25.3 Å². The van der Waals surface area contributed by atoms with Gasteiger partial charge in [0, 0.05) is 35.7 Å². The van der Waals surface area contributed by atoms with Crippen LogP contribution in [0.3, 0.4) is 0 Å². The highest BCUT2D eigenvalue weighted by Gasteiger charge is 2.19. The number of nitrogens with one attached hydrogen (secondary N) is 3. The molecular weight excluding hydrogens is 400 g/mol. The molecule has 7 nitrogen and oxygen atoms in total. The topological polar surface area (TPSA) is 96.0 Å². The lowest BCUT2D eigenvalue weighted by atomic mass is 10.3. The molecular formula is C19H19F2N5O2S. The van der Waals surface area contributed by atoms with E-state index in [4.69, 9.17) is 0 Å². The van der Waals surface area contributed by atoms with Gasteiger partial charge in [0.05, 0.1) is 0 Å². The molecule has 3 N–H and O–H groups in total. The fourth-order valence-corrected chi connectivity index (χ4v) is 3.66. The number of benzene rings is 2. The van der Waals surface area contributed by atoms with Crippen LogP contribution in [0.15, 0.2) is 53.4 Å². The number of hydrogen-bond acceptors (Lipinski definition) is 6. The summed E-state index contributed by atoms with van der Waals surface area (Å²) in [5.41, 5.74) is 1.68. The zero-order chi connectivity index (χ0) is 21.0. The summed E-state index contributed by atoms with van der Waals surface area (Å²) in [6, 6.07) is 10.4. The summed E-state index contributed by atoms with van der Waals surface area (Å²) in [6.07, 6.45) is 0. The zero-order valence-corrected chi connectivity index (χ0v) is 16.5. The Kier molecular flexibility index (Phi) is 5.92. The molecule has 0 radical (unpaired) electrons. The monoisotopic (exact) mass is 419 g/mol. The van der Waals surface area contributed by atoms with Gasteiger partial charge in [-0.15, -0.1) is 0 Å². The number of nitrogens with zero attached hydrogens (tertiary/aromatic N) is 2. The normalized spacial score (nSPS) is 11.2. The molecule has 0 fully saturated rings. The molecule has 0 unspecified atom stereocenters. The van der Waals surface area contributed by atoms with Gasteiger partial charge in [-0.05, 0) is 50.2 Å². The Hall–Kier alpha value is -3.27. The lowest BCUT2D eigenvalue weighted by Gasteiger charge is -2.11. The van der Waals surface area contributed by atoms with Crippen LogP contribution in [0.2, 0.25) is 0 Å². The fourth-order valence-electron chi connectivity index (χ4n) is 2.54. The zero-order valence-electron chi connectivity index (χ0n) is 15.7. The van der Waals surface area contributed by atoms with Crippen LogP contribution in [0, 0.1) is 18.6 Å². The van der Waals surface area contributed by atoms with E-state index >= 15 is 0 Å². The van der Waals surface area contributed by atoms with Crippen molar-refractivity contribution in [2.24, 2.45) is 0 Å². The van der Waals surface area contributed by atoms with E-state index in [1.165, 1.54) is 12.1 Å². The SMILES string of the molecule is CCNc1nc(C)cc(Nc2ccc(NS(=O)(=O)c3ccc(F)cc3F)cc2)n1. The Balaban J connectivity index is 1.75. The summed E-state index contributed by atoms with van der Waals surface area (Å²) in [4.78, 5) is 7.98. The molecule has 0 aliphatic rings. The number of sulfonamides is 1. The summed E-state index contributed by atoms with van der Waals surface area (Å²) in [6.45, 7) is 4.48. The lowest BCUT2D eigenvalue weighted by molar-refractivity contribution is 0.551. The second-order valence-electron chi connectivity index (χ2n) is 6.13. The predicted octanol–water partition coefficient (Wildman–Crippen LogP) is 4.04. The molecule has 0 bridgehead atoms. The van der Waals surface area contributed by atoms with Crippen molar-refractivity contribution in [1.29, 1.82) is 0 Å². The first kappa shape index (κ1) is 20.5. The van der Waals surface area contributed by atoms with Crippen LogP contribution >= 0.6 is 0 Å². The summed E-state index contributed by atoms with van der Waals surface area (Å²) in [5, 5.41) is 6.15. The summed E-state index contributed by atoms with van der Waals surface area (Å²) >= 11 is 0. The largest absolute Gasteiger partial charge is 0.354 e. The van der Waals surface area contributed by atoms with Crippen molar-refractivity contribution in [3.63, 3.8) is 0 Å². The highest BCUT2D eigenvalue weighted by Crippen LogP contribution is 2.22. The highest BCUT2D eigenvalue weighted by atomic mass is 32.2. The van der Waals surface area contributed by atoms with Crippen LogP contribution in [0.25, 0.3) is 0 Å². The van der Waals surface area contributed by atoms with Gasteiger partial charge in [0.25, 0.3) is 10.0 Å². The van der Waals surface area contributed by atoms with Gasteiger partial charge in [-0.3, -0.25) is 4.72 Å². The minimum absolute atomic E-state index is 0.228. The van der Waals surface area contributed by atoms with Crippen molar-refractivity contribution < 1.29 is 17.2 Å². The van der Waals surface area contributed by atoms with E-state index in [1.807, 2.05) is 13.8 Å². The van der Waals surface area contributed by atoms with Crippen LogP contribution in [0.1, 0.15) is 12.6 Å². The molecule has 0 aliphatic carbocycles. The second kappa shape index (κ2) is 8.39. The van der Waals surface area contributed by atoms with Crippen molar-refractivity contribution in [1.82, 2.24) is 9.97 Å². The summed E-state index contributed by atoms with van der Waals surface area (Å²) < 4.78 is 53.7. The number of anilines is 4. The Bertz CT molecular complexity index is 1120. The van der Waals surface area contributed by atoms with Gasteiger partial charge in [0.1, 0.15) is 22.3 Å². The van der Waals surface area contributed by atoms with Crippen LogP contribution < -0.4 is 15.4 Å². The molecule has 0 saturated heterocycles. The van der Waals surface area contributed by atoms with E-state index in [9.17, 15) is 17.2 Å².